The molecule has 0 unspecified atom stereocenters. The number of ether oxygens (including phenoxy) is 1. The minimum Gasteiger partial charge on any atom is -0.481 e. The lowest BCUT2D eigenvalue weighted by Gasteiger charge is -2.07. The highest BCUT2D eigenvalue weighted by Crippen LogP contribution is 2.30. The molecular formula is C13H11N3O. The Morgan fingerprint density at radius 2 is 2.12 bits per heavy atom. The SMILES string of the molecule is COc1nc2ccccc2cc1-c1cn[nH]c1. The monoisotopic (exact) mass is 225 g/mol. The standard InChI is InChI=1S/C13H11N3O/c1-17-13-11(10-7-14-15-8-10)6-9-4-2-3-5-12(9)16-13/h2-8H,1H3,(H,14,15). The van der Waals surface area contributed by atoms with Gasteiger partial charge in [-0.05, 0) is 12.1 Å². The Balaban J connectivity index is 2.29. The van der Waals surface area contributed by atoms with Gasteiger partial charge in [0.05, 0.1) is 18.8 Å². The molecule has 0 fully saturated rings. The van der Waals surface area contributed by atoms with Crippen molar-refractivity contribution in [2.24, 2.45) is 0 Å². The fourth-order valence-electron chi connectivity index (χ4n) is 1.86. The number of fused-ring (bicyclic) bond motifs is 1. The first-order chi connectivity index (χ1) is 8.38. The molecule has 4 nitrogen and oxygen atoms in total. The topological polar surface area (TPSA) is 50.8 Å². The Kier molecular flexibility index (Phi) is 2.26. The zero-order chi connectivity index (χ0) is 11.7. The predicted octanol–water partition coefficient (Wildman–Crippen LogP) is 2.63. The first kappa shape index (κ1) is 9.84. The highest BCUT2D eigenvalue weighted by atomic mass is 16.5. The van der Waals surface area contributed by atoms with E-state index in [0.29, 0.717) is 5.88 Å². The molecule has 1 N–H and O–H groups in total. The van der Waals surface area contributed by atoms with Gasteiger partial charge in [0.1, 0.15) is 0 Å². The van der Waals surface area contributed by atoms with E-state index in [2.05, 4.69) is 21.2 Å². The largest absolute Gasteiger partial charge is 0.481 e. The van der Waals surface area contributed by atoms with Gasteiger partial charge in [-0.25, -0.2) is 4.98 Å². The second-order valence-corrected chi connectivity index (χ2v) is 3.72. The molecule has 2 heterocycles. The zero-order valence-electron chi connectivity index (χ0n) is 9.34. The Hall–Kier alpha value is -2.36. The highest BCUT2D eigenvalue weighted by Gasteiger charge is 2.09. The molecule has 0 saturated heterocycles. The molecule has 0 spiro atoms. The Bertz CT molecular complexity index is 647. The average molecular weight is 225 g/mol. The summed E-state index contributed by atoms with van der Waals surface area (Å²) >= 11 is 0. The van der Waals surface area contributed by atoms with Crippen LogP contribution in [-0.2, 0) is 0 Å². The average Bonchev–Trinajstić information content (AvgIpc) is 2.91. The number of nitrogens with one attached hydrogen (secondary N) is 1. The molecule has 0 aliphatic carbocycles. The van der Waals surface area contributed by atoms with Crippen molar-refractivity contribution in [3.05, 3.63) is 42.7 Å². The van der Waals surface area contributed by atoms with Gasteiger partial charge in [-0.15, -0.1) is 0 Å². The Morgan fingerprint density at radius 1 is 1.24 bits per heavy atom. The van der Waals surface area contributed by atoms with Gasteiger partial charge < -0.3 is 4.74 Å². The van der Waals surface area contributed by atoms with E-state index in [1.165, 1.54) is 0 Å². The van der Waals surface area contributed by atoms with Crippen LogP contribution in [0.5, 0.6) is 5.88 Å². The number of H-pyrrole nitrogens is 1. The van der Waals surface area contributed by atoms with Gasteiger partial charge in [-0.2, -0.15) is 5.10 Å². The van der Waals surface area contributed by atoms with E-state index in [4.69, 9.17) is 4.74 Å². The van der Waals surface area contributed by atoms with Crippen LogP contribution in [0.3, 0.4) is 0 Å². The lowest BCUT2D eigenvalue weighted by Crippen LogP contribution is -1.92. The third-order valence-corrected chi connectivity index (χ3v) is 2.69. The van der Waals surface area contributed by atoms with Crippen molar-refractivity contribution in [1.82, 2.24) is 15.2 Å². The quantitative estimate of drug-likeness (QED) is 0.729. The number of pyridine rings is 1. The summed E-state index contributed by atoms with van der Waals surface area (Å²) in [5, 5.41) is 7.83. The maximum absolute atomic E-state index is 5.32. The summed E-state index contributed by atoms with van der Waals surface area (Å²) in [4.78, 5) is 4.49. The highest BCUT2D eigenvalue weighted by molar-refractivity contribution is 5.85. The molecule has 0 aliphatic rings. The van der Waals surface area contributed by atoms with Crippen LogP contribution in [0.15, 0.2) is 42.7 Å². The van der Waals surface area contributed by atoms with E-state index in [-0.39, 0.29) is 0 Å². The molecule has 17 heavy (non-hydrogen) atoms. The fraction of sp³-hybridized carbons (Fsp3) is 0.0769. The van der Waals surface area contributed by atoms with Gasteiger partial charge in [0.25, 0.3) is 0 Å². The molecule has 0 bridgehead atoms. The van der Waals surface area contributed by atoms with Crippen molar-refractivity contribution < 1.29 is 4.74 Å². The molecule has 2 aromatic heterocycles. The van der Waals surface area contributed by atoms with Crippen LogP contribution in [0.4, 0.5) is 0 Å². The number of benzene rings is 1. The summed E-state index contributed by atoms with van der Waals surface area (Å²) in [7, 11) is 1.63. The summed E-state index contributed by atoms with van der Waals surface area (Å²) in [6, 6.07) is 10.0. The minimum absolute atomic E-state index is 0.616. The summed E-state index contributed by atoms with van der Waals surface area (Å²) in [5.74, 6) is 0.616. The smallest absolute Gasteiger partial charge is 0.221 e. The van der Waals surface area contributed by atoms with Gasteiger partial charge in [0.2, 0.25) is 5.88 Å². The lowest BCUT2D eigenvalue weighted by molar-refractivity contribution is 0.401. The number of rotatable bonds is 2. The van der Waals surface area contributed by atoms with Gasteiger partial charge >= 0.3 is 0 Å². The van der Waals surface area contributed by atoms with Crippen LogP contribution < -0.4 is 4.74 Å². The predicted molar refractivity (Wildman–Crippen MR) is 65.9 cm³/mol. The molecule has 84 valence electrons. The third-order valence-electron chi connectivity index (χ3n) is 2.69. The number of aromatic nitrogens is 3. The summed E-state index contributed by atoms with van der Waals surface area (Å²) in [6.45, 7) is 0. The maximum atomic E-state index is 5.32. The van der Waals surface area contributed by atoms with Crippen molar-refractivity contribution in [2.45, 2.75) is 0 Å². The maximum Gasteiger partial charge on any atom is 0.221 e. The number of nitrogens with zero attached hydrogens (tertiary/aromatic N) is 2. The van der Waals surface area contributed by atoms with E-state index in [9.17, 15) is 0 Å². The normalized spacial score (nSPS) is 10.6. The Morgan fingerprint density at radius 3 is 2.88 bits per heavy atom. The van der Waals surface area contributed by atoms with Gasteiger partial charge in [-0.1, -0.05) is 18.2 Å². The summed E-state index contributed by atoms with van der Waals surface area (Å²) in [6.07, 6.45) is 3.59. The number of methoxy groups -OCH3 is 1. The molecule has 3 aromatic rings. The van der Waals surface area contributed by atoms with Crippen LogP contribution >= 0.6 is 0 Å². The molecule has 3 rings (SSSR count). The van der Waals surface area contributed by atoms with E-state index in [0.717, 1.165) is 22.0 Å². The molecule has 4 heteroatoms. The van der Waals surface area contributed by atoms with Crippen molar-refractivity contribution in [3.8, 4) is 17.0 Å². The van der Waals surface area contributed by atoms with Crippen LogP contribution in [0, 0.1) is 0 Å². The van der Waals surface area contributed by atoms with Gasteiger partial charge in [-0.3, -0.25) is 5.10 Å². The third kappa shape index (κ3) is 1.63. The minimum atomic E-state index is 0.616. The molecule has 0 amide bonds. The second kappa shape index (κ2) is 3.90. The van der Waals surface area contributed by atoms with Crippen molar-refractivity contribution in [3.63, 3.8) is 0 Å². The molecule has 0 radical (unpaired) electrons. The molecule has 0 atom stereocenters. The summed E-state index contributed by atoms with van der Waals surface area (Å²) in [5.41, 5.74) is 2.84. The van der Waals surface area contributed by atoms with Crippen LogP contribution in [0.25, 0.3) is 22.0 Å². The molecular weight excluding hydrogens is 214 g/mol. The molecule has 0 saturated carbocycles. The number of aromatic amines is 1. The number of hydrogen-bond donors (Lipinski definition) is 1. The zero-order valence-corrected chi connectivity index (χ0v) is 9.34. The van der Waals surface area contributed by atoms with E-state index < -0.39 is 0 Å². The number of hydrogen-bond acceptors (Lipinski definition) is 3. The van der Waals surface area contributed by atoms with Crippen molar-refractivity contribution >= 4 is 10.9 Å². The van der Waals surface area contributed by atoms with Gasteiger partial charge in [0, 0.05) is 22.7 Å². The van der Waals surface area contributed by atoms with Crippen molar-refractivity contribution in [1.29, 1.82) is 0 Å². The van der Waals surface area contributed by atoms with Gasteiger partial charge in [0.15, 0.2) is 0 Å². The van der Waals surface area contributed by atoms with E-state index in [1.54, 1.807) is 13.3 Å². The molecule has 0 aliphatic heterocycles. The van der Waals surface area contributed by atoms with Crippen molar-refractivity contribution in [2.75, 3.05) is 7.11 Å². The molecule has 1 aromatic carbocycles. The Labute approximate surface area is 98.3 Å². The number of para-hydroxylation sites is 1. The lowest BCUT2D eigenvalue weighted by atomic mass is 10.1. The van der Waals surface area contributed by atoms with Crippen LogP contribution in [0.1, 0.15) is 0 Å². The fourth-order valence-corrected chi connectivity index (χ4v) is 1.86. The first-order valence-corrected chi connectivity index (χ1v) is 5.31. The van der Waals surface area contributed by atoms with Crippen LogP contribution in [-0.4, -0.2) is 22.3 Å². The van der Waals surface area contributed by atoms with Crippen LogP contribution in [0.2, 0.25) is 0 Å². The van der Waals surface area contributed by atoms with E-state index in [1.807, 2.05) is 30.5 Å². The first-order valence-electron chi connectivity index (χ1n) is 5.31. The summed E-state index contributed by atoms with van der Waals surface area (Å²) < 4.78 is 5.32. The van der Waals surface area contributed by atoms with E-state index >= 15 is 0 Å². The second-order valence-electron chi connectivity index (χ2n) is 3.72.